The molecule has 6 nitrogen and oxygen atoms in total. The molecule has 1 heterocycles. The summed E-state index contributed by atoms with van der Waals surface area (Å²) in [4.78, 5) is 23.0. The number of ether oxygens (including phenoxy) is 1. The summed E-state index contributed by atoms with van der Waals surface area (Å²) in [7, 11) is -2.30. The molecule has 0 N–H and O–H groups in total. The van der Waals surface area contributed by atoms with E-state index < -0.39 is 19.0 Å². The average Bonchev–Trinajstić information content (AvgIpc) is 2.52. The molecule has 0 aromatic heterocycles. The van der Waals surface area contributed by atoms with Crippen LogP contribution in [0.2, 0.25) is 0 Å². The Kier molecular flexibility index (Phi) is 5.36. The molecule has 4 aliphatic carbocycles. The summed E-state index contributed by atoms with van der Waals surface area (Å²) in [5.41, 5.74) is 0.113. The van der Waals surface area contributed by atoms with E-state index in [0.29, 0.717) is 11.5 Å². The number of hydrogen-bond acceptors (Lipinski definition) is 6. The summed E-state index contributed by atoms with van der Waals surface area (Å²) in [6.45, 7) is 1.05. The third kappa shape index (κ3) is 2.99. The second kappa shape index (κ2) is 6.94. The van der Waals surface area contributed by atoms with Crippen molar-refractivity contribution in [3.8, 4) is 5.75 Å². The Hall–Kier alpha value is 0.380. The Morgan fingerprint density at radius 2 is 1.89 bits per heavy atom. The molecule has 0 radical (unpaired) electrons. The normalized spacial score (nSPS) is 45.2. The number of alkyl halides is 1. The summed E-state index contributed by atoms with van der Waals surface area (Å²) in [6, 6.07) is 6.89. The van der Waals surface area contributed by atoms with Gasteiger partial charge in [0, 0.05) is 24.2 Å². The van der Waals surface area contributed by atoms with Gasteiger partial charge in [0.05, 0.1) is 0 Å². The van der Waals surface area contributed by atoms with E-state index in [1.54, 1.807) is 25.3 Å². The van der Waals surface area contributed by atoms with E-state index in [4.69, 9.17) is 30.6 Å². The molecule has 5 aliphatic rings. The Morgan fingerprint density at radius 1 is 1.21 bits per heavy atom. The van der Waals surface area contributed by atoms with Gasteiger partial charge in [-0.05, 0) is 62.0 Å². The molecule has 4 saturated carbocycles. The summed E-state index contributed by atoms with van der Waals surface area (Å²) < 4.78 is 22.6. The van der Waals surface area contributed by atoms with Gasteiger partial charge in [0.1, 0.15) is 5.75 Å². The van der Waals surface area contributed by atoms with Crippen LogP contribution in [0.4, 0.5) is 0 Å². The van der Waals surface area contributed by atoms with Crippen LogP contribution in [-0.4, -0.2) is 24.2 Å². The van der Waals surface area contributed by atoms with Crippen molar-refractivity contribution in [2.24, 2.45) is 17.8 Å². The molecule has 6 rings (SSSR count). The molecule has 4 atom stereocenters. The van der Waals surface area contributed by atoms with Gasteiger partial charge in [-0.15, -0.1) is 11.6 Å². The van der Waals surface area contributed by atoms with Gasteiger partial charge < -0.3 is 14.2 Å². The Bertz CT molecular complexity index is 810. The summed E-state index contributed by atoms with van der Waals surface area (Å²) in [5.74, 6) is 0.286. The standard InChI is InChI=1S/C19H24ClO6P.Na/c1-23-19(13-4-3-5-16(8-13)24-27(2,21)22)18(25-26-19)14-6-12-7-15(18)11-17(20,9-12)10-14;/h3-5,8,12,14-15H,6-7,9-11H2,1-2H3,(H,21,22);/q;+1/p-1. The topological polar surface area (TPSA) is 77.1 Å². The van der Waals surface area contributed by atoms with Crippen LogP contribution in [0.1, 0.15) is 37.7 Å². The molecular weight excluding hydrogens is 414 g/mol. The monoisotopic (exact) mass is 436 g/mol. The first-order valence-corrected chi connectivity index (χ1v) is 11.8. The van der Waals surface area contributed by atoms with Gasteiger partial charge in [-0.3, -0.25) is 4.57 Å². The van der Waals surface area contributed by atoms with Gasteiger partial charge in [-0.25, -0.2) is 4.89 Å². The maximum Gasteiger partial charge on any atom is 1.00 e. The zero-order valence-corrected chi connectivity index (χ0v) is 20.0. The van der Waals surface area contributed by atoms with Gasteiger partial charge >= 0.3 is 29.6 Å². The van der Waals surface area contributed by atoms with Gasteiger partial charge in [-0.1, -0.05) is 12.1 Å². The van der Waals surface area contributed by atoms with Crippen LogP contribution in [-0.2, 0) is 24.9 Å². The zero-order chi connectivity index (χ0) is 19.1. The van der Waals surface area contributed by atoms with Crippen LogP contribution in [0.5, 0.6) is 5.75 Å². The van der Waals surface area contributed by atoms with Gasteiger partial charge in [0.25, 0.3) is 5.79 Å². The van der Waals surface area contributed by atoms with E-state index in [0.717, 1.165) is 38.8 Å². The number of benzene rings is 1. The van der Waals surface area contributed by atoms with E-state index >= 15 is 0 Å². The molecule has 4 bridgehead atoms. The third-order valence-electron chi connectivity index (χ3n) is 6.91. The van der Waals surface area contributed by atoms with Crippen LogP contribution >= 0.6 is 19.2 Å². The summed E-state index contributed by atoms with van der Waals surface area (Å²) in [6.07, 6.45) is 4.96. The maximum atomic E-state index is 11.5. The summed E-state index contributed by atoms with van der Waals surface area (Å²) >= 11 is 6.90. The number of hydrogen-bond donors (Lipinski definition) is 0. The second-order valence-electron chi connectivity index (χ2n) is 8.67. The molecule has 1 saturated heterocycles. The first kappa shape index (κ1) is 21.6. The Balaban J connectivity index is 0.00000192. The van der Waals surface area contributed by atoms with E-state index in [9.17, 15) is 9.46 Å². The molecule has 1 spiro atoms. The van der Waals surface area contributed by atoms with Crippen molar-refractivity contribution in [1.29, 1.82) is 0 Å². The fourth-order valence-electron chi connectivity index (χ4n) is 6.29. The zero-order valence-electron chi connectivity index (χ0n) is 16.4. The quantitative estimate of drug-likeness (QED) is 0.297. The van der Waals surface area contributed by atoms with Crippen molar-refractivity contribution in [2.45, 2.75) is 48.4 Å². The van der Waals surface area contributed by atoms with E-state index in [1.807, 2.05) is 6.07 Å². The van der Waals surface area contributed by atoms with Crippen molar-refractivity contribution in [2.75, 3.05) is 13.8 Å². The minimum Gasteiger partial charge on any atom is -0.769 e. The molecule has 5 fully saturated rings. The van der Waals surface area contributed by atoms with Crippen molar-refractivity contribution in [1.82, 2.24) is 0 Å². The van der Waals surface area contributed by atoms with Crippen LogP contribution in [0.15, 0.2) is 24.3 Å². The molecule has 1 aliphatic heterocycles. The van der Waals surface area contributed by atoms with Crippen LogP contribution in [0.25, 0.3) is 0 Å². The molecule has 4 unspecified atom stereocenters. The second-order valence-corrected chi connectivity index (χ2v) is 11.2. The van der Waals surface area contributed by atoms with Gasteiger partial charge in [0.15, 0.2) is 13.2 Å². The van der Waals surface area contributed by atoms with Crippen LogP contribution in [0, 0.1) is 17.8 Å². The van der Waals surface area contributed by atoms with Crippen molar-refractivity contribution in [3.63, 3.8) is 0 Å². The molecule has 9 heteroatoms. The fourth-order valence-corrected chi connectivity index (χ4v) is 7.38. The van der Waals surface area contributed by atoms with Crippen LogP contribution < -0.4 is 39.0 Å². The third-order valence-corrected chi connectivity index (χ3v) is 7.92. The molecule has 148 valence electrons. The van der Waals surface area contributed by atoms with Crippen molar-refractivity contribution < 1.29 is 58.1 Å². The number of rotatable bonds is 4. The summed E-state index contributed by atoms with van der Waals surface area (Å²) in [5, 5.41) is 0. The first-order chi connectivity index (χ1) is 12.7. The molecule has 1 aromatic rings. The number of halogens is 1. The van der Waals surface area contributed by atoms with Gasteiger partial charge in [-0.2, -0.15) is 4.89 Å². The maximum absolute atomic E-state index is 11.5. The van der Waals surface area contributed by atoms with Gasteiger partial charge in [0.2, 0.25) is 0 Å². The predicted molar refractivity (Wildman–Crippen MR) is 96.3 cm³/mol. The SMILES string of the molecule is COC1(c2cccc(OP(C)(=O)[O-])c2)OOC12C1CC3CC2CC(Cl)(C3)C1.[Na+]. The minimum absolute atomic E-state index is 0. The van der Waals surface area contributed by atoms with Crippen LogP contribution in [0.3, 0.4) is 0 Å². The van der Waals surface area contributed by atoms with Crippen molar-refractivity contribution in [3.05, 3.63) is 29.8 Å². The Labute approximate surface area is 192 Å². The smallest absolute Gasteiger partial charge is 0.769 e. The minimum atomic E-state index is -3.91. The number of methoxy groups -OCH3 is 1. The van der Waals surface area contributed by atoms with E-state index in [1.165, 1.54) is 0 Å². The van der Waals surface area contributed by atoms with E-state index in [2.05, 4.69) is 0 Å². The molecule has 28 heavy (non-hydrogen) atoms. The Morgan fingerprint density at radius 3 is 2.39 bits per heavy atom. The molecular formula is C19H23ClNaO6P. The average molecular weight is 437 g/mol. The molecule has 1 aromatic carbocycles. The molecule has 0 amide bonds. The van der Waals surface area contributed by atoms with E-state index in [-0.39, 0.29) is 52.0 Å². The fraction of sp³-hybridized carbons (Fsp3) is 0.684. The van der Waals surface area contributed by atoms with Crippen molar-refractivity contribution >= 4 is 19.2 Å². The predicted octanol–water partition coefficient (Wildman–Crippen LogP) is 0.570. The first-order valence-electron chi connectivity index (χ1n) is 9.39. The largest absolute Gasteiger partial charge is 1.00 e.